The maximum absolute atomic E-state index is 10.4. The van der Waals surface area contributed by atoms with Crippen LogP contribution in [-0.4, -0.2) is 36.5 Å². The van der Waals surface area contributed by atoms with Crippen molar-refractivity contribution in [2.45, 2.75) is 6.92 Å². The molecule has 12 heavy (non-hydrogen) atoms. The van der Waals surface area contributed by atoms with Crippen LogP contribution in [0.2, 0.25) is 0 Å². The minimum absolute atomic E-state index is 0.0216. The van der Waals surface area contributed by atoms with E-state index in [0.29, 0.717) is 0 Å². The molecule has 0 aliphatic heterocycles. The Morgan fingerprint density at radius 3 is 2.42 bits per heavy atom. The summed E-state index contributed by atoms with van der Waals surface area (Å²) in [6.45, 7) is 1.20. The number of aliphatic hydroxyl groups is 1. The summed E-state index contributed by atoms with van der Waals surface area (Å²) in [6.07, 6.45) is 0. The van der Waals surface area contributed by atoms with Gasteiger partial charge < -0.3 is 19.7 Å². The van der Waals surface area contributed by atoms with E-state index in [4.69, 9.17) is 14.9 Å². The Labute approximate surface area is 70.2 Å². The van der Waals surface area contributed by atoms with Gasteiger partial charge in [0.05, 0.1) is 13.7 Å². The van der Waals surface area contributed by atoms with E-state index in [9.17, 15) is 4.79 Å². The van der Waals surface area contributed by atoms with Crippen molar-refractivity contribution in [3.8, 4) is 0 Å². The molecule has 0 amide bonds. The van der Waals surface area contributed by atoms with E-state index in [1.54, 1.807) is 0 Å². The molecule has 0 aliphatic rings. The zero-order chi connectivity index (χ0) is 9.56. The van der Waals surface area contributed by atoms with Crippen LogP contribution in [0.5, 0.6) is 0 Å². The summed E-state index contributed by atoms with van der Waals surface area (Å²) in [4.78, 5) is 10.4. The smallest absolute Gasteiger partial charge is 0.338 e. The molecule has 5 nitrogen and oxygen atoms in total. The molecule has 0 aliphatic carbocycles. The van der Waals surface area contributed by atoms with Gasteiger partial charge in [0.15, 0.2) is 0 Å². The summed E-state index contributed by atoms with van der Waals surface area (Å²) >= 11 is 0. The number of carbonyl (C=O) groups is 1. The summed E-state index contributed by atoms with van der Waals surface area (Å²) in [5, 5.41) is 16.9. The molecule has 0 bridgehead atoms. The lowest BCUT2D eigenvalue weighted by Crippen LogP contribution is -2.08. The second-order valence-corrected chi connectivity index (χ2v) is 1.99. The van der Waals surface area contributed by atoms with E-state index in [0.717, 1.165) is 0 Å². The van der Waals surface area contributed by atoms with Crippen LogP contribution in [0, 0.1) is 0 Å². The number of ether oxygens (including phenoxy) is 2. The van der Waals surface area contributed by atoms with Gasteiger partial charge in [0, 0.05) is 0 Å². The van der Waals surface area contributed by atoms with Crippen LogP contribution in [-0.2, 0) is 14.3 Å². The van der Waals surface area contributed by atoms with E-state index in [1.165, 1.54) is 14.0 Å². The fraction of sp³-hybridized carbons (Fsp3) is 0.571. The summed E-state index contributed by atoms with van der Waals surface area (Å²) in [6, 6.07) is 0. The molecule has 0 heterocycles. The van der Waals surface area contributed by atoms with Crippen molar-refractivity contribution in [1.29, 1.82) is 0 Å². The standard InChI is InChI=1S/C7H12O5/c1-5(6(9)10)7(11-2)12-4-3-8/h8H,3-4H2,1-2H3,(H,9,10). The second-order valence-electron chi connectivity index (χ2n) is 1.99. The molecule has 5 heteroatoms. The number of hydrogen-bond acceptors (Lipinski definition) is 4. The number of aliphatic carboxylic acids is 1. The molecular weight excluding hydrogens is 164 g/mol. The molecule has 0 aromatic rings. The van der Waals surface area contributed by atoms with Gasteiger partial charge in [-0.05, 0) is 6.92 Å². The molecule has 0 rings (SSSR count). The quantitative estimate of drug-likeness (QED) is 0.454. The van der Waals surface area contributed by atoms with E-state index in [1.807, 2.05) is 0 Å². The lowest BCUT2D eigenvalue weighted by atomic mass is 10.3. The predicted octanol–water partition coefficient (Wildman–Crippen LogP) is -0.0422. The highest BCUT2D eigenvalue weighted by Gasteiger charge is 2.10. The van der Waals surface area contributed by atoms with Crippen LogP contribution >= 0.6 is 0 Å². The largest absolute Gasteiger partial charge is 0.478 e. The van der Waals surface area contributed by atoms with Crippen LogP contribution in [0.25, 0.3) is 0 Å². The van der Waals surface area contributed by atoms with Gasteiger partial charge >= 0.3 is 5.97 Å². The highest BCUT2D eigenvalue weighted by atomic mass is 16.7. The van der Waals surface area contributed by atoms with Crippen molar-refractivity contribution in [3.63, 3.8) is 0 Å². The topological polar surface area (TPSA) is 76.0 Å². The first kappa shape index (κ1) is 10.8. The van der Waals surface area contributed by atoms with Gasteiger partial charge in [-0.25, -0.2) is 4.79 Å². The van der Waals surface area contributed by atoms with Crippen LogP contribution in [0.1, 0.15) is 6.92 Å². The maximum Gasteiger partial charge on any atom is 0.338 e. The Morgan fingerprint density at radius 2 is 2.08 bits per heavy atom. The van der Waals surface area contributed by atoms with Gasteiger partial charge in [0.1, 0.15) is 12.2 Å². The fourth-order valence-corrected chi connectivity index (χ4v) is 0.546. The number of rotatable bonds is 5. The Balaban J connectivity index is 4.28. The van der Waals surface area contributed by atoms with E-state index in [-0.39, 0.29) is 24.7 Å². The monoisotopic (exact) mass is 176 g/mol. The molecule has 0 saturated carbocycles. The highest BCUT2D eigenvalue weighted by Crippen LogP contribution is 2.06. The van der Waals surface area contributed by atoms with E-state index in [2.05, 4.69) is 4.74 Å². The zero-order valence-corrected chi connectivity index (χ0v) is 7.03. The Morgan fingerprint density at radius 1 is 1.50 bits per heavy atom. The van der Waals surface area contributed by atoms with Crippen LogP contribution in [0.4, 0.5) is 0 Å². The zero-order valence-electron chi connectivity index (χ0n) is 7.03. The van der Waals surface area contributed by atoms with Gasteiger partial charge in [0.2, 0.25) is 0 Å². The molecule has 0 radical (unpaired) electrons. The van der Waals surface area contributed by atoms with Crippen molar-refractivity contribution >= 4 is 5.97 Å². The third kappa shape index (κ3) is 3.25. The van der Waals surface area contributed by atoms with Gasteiger partial charge in [-0.3, -0.25) is 0 Å². The van der Waals surface area contributed by atoms with Crippen LogP contribution < -0.4 is 0 Å². The average molecular weight is 176 g/mol. The number of carboxylic acid groups (broad SMARTS) is 1. The third-order valence-corrected chi connectivity index (χ3v) is 1.14. The molecule has 2 N–H and O–H groups in total. The molecule has 70 valence electrons. The van der Waals surface area contributed by atoms with E-state index >= 15 is 0 Å². The van der Waals surface area contributed by atoms with Gasteiger partial charge in [-0.1, -0.05) is 0 Å². The molecular formula is C7H12O5. The van der Waals surface area contributed by atoms with Crippen molar-refractivity contribution in [2.24, 2.45) is 0 Å². The normalized spacial score (nSPS) is 11.9. The summed E-state index contributed by atoms with van der Waals surface area (Å²) in [5.74, 6) is -1.18. The number of carboxylic acids is 1. The molecule has 0 fully saturated rings. The average Bonchev–Trinajstić information content (AvgIpc) is 2.05. The Bertz CT molecular complexity index is 184. The first-order valence-electron chi connectivity index (χ1n) is 3.35. The predicted molar refractivity (Wildman–Crippen MR) is 40.4 cm³/mol. The van der Waals surface area contributed by atoms with Crippen molar-refractivity contribution in [3.05, 3.63) is 11.5 Å². The van der Waals surface area contributed by atoms with Crippen molar-refractivity contribution in [2.75, 3.05) is 20.3 Å². The molecule has 0 spiro atoms. The number of aliphatic hydroxyl groups excluding tert-OH is 1. The minimum Gasteiger partial charge on any atom is -0.478 e. The molecule has 0 atom stereocenters. The Hall–Kier alpha value is -1.23. The van der Waals surface area contributed by atoms with Gasteiger partial charge in [-0.2, -0.15) is 0 Å². The molecule has 0 saturated heterocycles. The van der Waals surface area contributed by atoms with Crippen LogP contribution in [0.3, 0.4) is 0 Å². The minimum atomic E-state index is -1.11. The second kappa shape index (κ2) is 5.42. The van der Waals surface area contributed by atoms with Gasteiger partial charge in [0.25, 0.3) is 5.95 Å². The Kier molecular flexibility index (Phi) is 4.87. The van der Waals surface area contributed by atoms with Crippen molar-refractivity contribution < 1.29 is 24.5 Å². The number of hydrogen-bond donors (Lipinski definition) is 2. The van der Waals surface area contributed by atoms with Gasteiger partial charge in [-0.15, -0.1) is 0 Å². The fourth-order valence-electron chi connectivity index (χ4n) is 0.546. The summed E-state index contributed by atoms with van der Waals surface area (Å²) in [5.41, 5.74) is -0.0223. The number of methoxy groups -OCH3 is 1. The molecule has 0 aromatic heterocycles. The molecule has 0 unspecified atom stereocenters. The third-order valence-electron chi connectivity index (χ3n) is 1.14. The first-order valence-corrected chi connectivity index (χ1v) is 3.35. The SMILES string of the molecule is COC(OCCO)=C(C)C(=O)O. The summed E-state index contributed by atoms with van der Waals surface area (Å²) < 4.78 is 9.43. The summed E-state index contributed by atoms with van der Waals surface area (Å²) in [7, 11) is 1.30. The maximum atomic E-state index is 10.4. The lowest BCUT2D eigenvalue weighted by molar-refractivity contribution is -0.133. The van der Waals surface area contributed by atoms with Crippen LogP contribution in [0.15, 0.2) is 11.5 Å². The highest BCUT2D eigenvalue weighted by molar-refractivity contribution is 5.86. The first-order chi connectivity index (χ1) is 5.63. The molecule has 0 aromatic carbocycles. The van der Waals surface area contributed by atoms with Crippen molar-refractivity contribution in [1.82, 2.24) is 0 Å². The van der Waals surface area contributed by atoms with E-state index < -0.39 is 5.97 Å². The lowest BCUT2D eigenvalue weighted by Gasteiger charge is -2.08.